The highest BCUT2D eigenvalue weighted by Gasteiger charge is 2.31. The highest BCUT2D eigenvalue weighted by Crippen LogP contribution is 2.17. The lowest BCUT2D eigenvalue weighted by atomic mass is 9.99. The molecule has 0 aromatic carbocycles. The molecule has 1 saturated heterocycles. The van der Waals surface area contributed by atoms with Crippen LogP contribution in [0.1, 0.15) is 20.3 Å². The van der Waals surface area contributed by atoms with Crippen molar-refractivity contribution in [3.63, 3.8) is 0 Å². The normalized spacial score (nSPS) is 27.1. The maximum absolute atomic E-state index is 6.21. The minimum Gasteiger partial charge on any atom is -0.379 e. The molecule has 0 amide bonds. The molecule has 1 rings (SSSR count). The average Bonchev–Trinajstić information content (AvgIpc) is 2.50. The standard InChI is InChI=1S/C11H22N2O/c1-4-13(7-10(2)3)8-11(12)5-6-14-9-11/h2,4-9,12H2,1,3H3. The summed E-state index contributed by atoms with van der Waals surface area (Å²) >= 11 is 0. The summed E-state index contributed by atoms with van der Waals surface area (Å²) in [4.78, 5) is 2.33. The van der Waals surface area contributed by atoms with Crippen LogP contribution in [0.3, 0.4) is 0 Å². The Kier molecular flexibility index (Phi) is 4.11. The van der Waals surface area contributed by atoms with Gasteiger partial charge in [0.15, 0.2) is 0 Å². The molecule has 1 fully saturated rings. The lowest BCUT2D eigenvalue weighted by molar-refractivity contribution is 0.158. The first-order valence-corrected chi connectivity index (χ1v) is 5.29. The second-order valence-corrected chi connectivity index (χ2v) is 4.43. The zero-order chi connectivity index (χ0) is 10.6. The fraction of sp³-hybridized carbons (Fsp3) is 0.818. The van der Waals surface area contributed by atoms with Gasteiger partial charge in [-0.1, -0.05) is 19.1 Å². The van der Waals surface area contributed by atoms with Gasteiger partial charge in [-0.2, -0.15) is 0 Å². The molecule has 3 heteroatoms. The van der Waals surface area contributed by atoms with Crippen LogP contribution in [0.4, 0.5) is 0 Å². The van der Waals surface area contributed by atoms with Gasteiger partial charge in [-0.15, -0.1) is 0 Å². The van der Waals surface area contributed by atoms with Crippen molar-refractivity contribution in [1.82, 2.24) is 4.90 Å². The number of nitrogens with two attached hydrogens (primary N) is 1. The molecular formula is C11H22N2O. The van der Waals surface area contributed by atoms with Crippen LogP contribution < -0.4 is 5.73 Å². The van der Waals surface area contributed by atoms with Crippen LogP contribution >= 0.6 is 0 Å². The molecule has 1 atom stereocenters. The fourth-order valence-corrected chi connectivity index (χ4v) is 1.85. The van der Waals surface area contributed by atoms with Gasteiger partial charge in [-0.3, -0.25) is 4.90 Å². The van der Waals surface area contributed by atoms with Crippen molar-refractivity contribution in [1.29, 1.82) is 0 Å². The number of rotatable bonds is 5. The van der Waals surface area contributed by atoms with E-state index in [9.17, 15) is 0 Å². The predicted octanol–water partition coefficient (Wildman–Crippen LogP) is 1.00. The van der Waals surface area contributed by atoms with Crippen LogP contribution in [0.5, 0.6) is 0 Å². The van der Waals surface area contributed by atoms with E-state index in [0.717, 1.165) is 32.7 Å². The Morgan fingerprint density at radius 2 is 2.36 bits per heavy atom. The Labute approximate surface area is 86.9 Å². The molecule has 0 bridgehead atoms. The van der Waals surface area contributed by atoms with Gasteiger partial charge in [-0.25, -0.2) is 0 Å². The van der Waals surface area contributed by atoms with Crippen LogP contribution in [0, 0.1) is 0 Å². The van der Waals surface area contributed by atoms with Crippen LogP contribution in [-0.4, -0.2) is 43.3 Å². The molecule has 1 aliphatic rings. The van der Waals surface area contributed by atoms with Crippen molar-refractivity contribution in [2.24, 2.45) is 5.73 Å². The summed E-state index contributed by atoms with van der Waals surface area (Å²) in [6.45, 7) is 12.5. The smallest absolute Gasteiger partial charge is 0.0659 e. The maximum atomic E-state index is 6.21. The van der Waals surface area contributed by atoms with Crippen molar-refractivity contribution in [3.05, 3.63) is 12.2 Å². The van der Waals surface area contributed by atoms with Gasteiger partial charge >= 0.3 is 0 Å². The molecule has 1 aliphatic heterocycles. The second-order valence-electron chi connectivity index (χ2n) is 4.43. The summed E-state index contributed by atoms with van der Waals surface area (Å²) in [5.41, 5.74) is 7.27. The van der Waals surface area contributed by atoms with E-state index < -0.39 is 0 Å². The third-order valence-electron chi connectivity index (χ3n) is 2.61. The zero-order valence-electron chi connectivity index (χ0n) is 9.38. The highest BCUT2D eigenvalue weighted by molar-refractivity contribution is 4.96. The monoisotopic (exact) mass is 198 g/mol. The Hall–Kier alpha value is -0.380. The van der Waals surface area contributed by atoms with E-state index in [4.69, 9.17) is 10.5 Å². The Bertz CT molecular complexity index is 197. The van der Waals surface area contributed by atoms with Crippen LogP contribution in [0.2, 0.25) is 0 Å². The maximum Gasteiger partial charge on any atom is 0.0659 e. The third-order valence-corrected chi connectivity index (χ3v) is 2.61. The first-order valence-electron chi connectivity index (χ1n) is 5.29. The summed E-state index contributed by atoms with van der Waals surface area (Å²) in [7, 11) is 0. The quantitative estimate of drug-likeness (QED) is 0.670. The van der Waals surface area contributed by atoms with Gasteiger partial charge in [0.1, 0.15) is 0 Å². The van der Waals surface area contributed by atoms with Crippen molar-refractivity contribution in [2.45, 2.75) is 25.8 Å². The van der Waals surface area contributed by atoms with Crippen LogP contribution in [-0.2, 0) is 4.74 Å². The molecule has 0 aromatic heterocycles. The summed E-state index contributed by atoms with van der Waals surface area (Å²) in [5.74, 6) is 0. The van der Waals surface area contributed by atoms with Crippen molar-refractivity contribution >= 4 is 0 Å². The first-order chi connectivity index (χ1) is 6.56. The summed E-state index contributed by atoms with van der Waals surface area (Å²) < 4.78 is 5.34. The molecule has 0 saturated carbocycles. The lowest BCUT2D eigenvalue weighted by Crippen LogP contribution is -2.51. The van der Waals surface area contributed by atoms with E-state index in [-0.39, 0.29) is 5.54 Å². The average molecular weight is 198 g/mol. The molecule has 82 valence electrons. The van der Waals surface area contributed by atoms with E-state index >= 15 is 0 Å². The zero-order valence-corrected chi connectivity index (χ0v) is 9.38. The molecule has 3 nitrogen and oxygen atoms in total. The summed E-state index contributed by atoms with van der Waals surface area (Å²) in [6, 6.07) is 0. The number of nitrogens with zero attached hydrogens (tertiary/aromatic N) is 1. The van der Waals surface area contributed by atoms with Crippen molar-refractivity contribution < 1.29 is 4.74 Å². The first kappa shape index (κ1) is 11.7. The highest BCUT2D eigenvalue weighted by atomic mass is 16.5. The molecule has 0 aromatic rings. The number of hydrogen-bond acceptors (Lipinski definition) is 3. The second kappa shape index (κ2) is 4.91. The molecule has 0 radical (unpaired) electrons. The van der Waals surface area contributed by atoms with Gasteiger partial charge in [0.2, 0.25) is 0 Å². The van der Waals surface area contributed by atoms with Crippen LogP contribution in [0.25, 0.3) is 0 Å². The minimum atomic E-state index is -0.133. The molecule has 0 aliphatic carbocycles. The summed E-state index contributed by atoms with van der Waals surface area (Å²) in [5, 5.41) is 0. The Morgan fingerprint density at radius 1 is 1.64 bits per heavy atom. The van der Waals surface area contributed by atoms with Gasteiger partial charge < -0.3 is 10.5 Å². The topological polar surface area (TPSA) is 38.5 Å². The number of hydrogen-bond donors (Lipinski definition) is 1. The fourth-order valence-electron chi connectivity index (χ4n) is 1.85. The predicted molar refractivity (Wildman–Crippen MR) is 59.3 cm³/mol. The SMILES string of the molecule is C=C(C)CN(CC)CC1(N)CCOC1. The van der Waals surface area contributed by atoms with E-state index in [0.29, 0.717) is 6.61 Å². The number of ether oxygens (including phenoxy) is 1. The summed E-state index contributed by atoms with van der Waals surface area (Å²) in [6.07, 6.45) is 0.972. The van der Waals surface area contributed by atoms with Gasteiger partial charge in [-0.05, 0) is 19.9 Å². The molecular weight excluding hydrogens is 176 g/mol. The lowest BCUT2D eigenvalue weighted by Gasteiger charge is -2.30. The van der Waals surface area contributed by atoms with Crippen LogP contribution in [0.15, 0.2) is 12.2 Å². The van der Waals surface area contributed by atoms with E-state index in [1.807, 2.05) is 0 Å². The van der Waals surface area contributed by atoms with Crippen molar-refractivity contribution in [2.75, 3.05) is 32.8 Å². The van der Waals surface area contributed by atoms with Crippen molar-refractivity contribution in [3.8, 4) is 0 Å². The van der Waals surface area contributed by atoms with Gasteiger partial charge in [0, 0.05) is 19.7 Å². The van der Waals surface area contributed by atoms with E-state index in [2.05, 4.69) is 25.3 Å². The molecule has 1 heterocycles. The third kappa shape index (κ3) is 3.40. The molecule has 2 N–H and O–H groups in total. The largest absolute Gasteiger partial charge is 0.379 e. The Morgan fingerprint density at radius 3 is 2.79 bits per heavy atom. The molecule has 1 unspecified atom stereocenters. The Balaban J connectivity index is 2.42. The minimum absolute atomic E-state index is 0.133. The van der Waals surface area contributed by atoms with Gasteiger partial charge in [0.25, 0.3) is 0 Å². The van der Waals surface area contributed by atoms with E-state index in [1.54, 1.807) is 0 Å². The molecule has 14 heavy (non-hydrogen) atoms. The van der Waals surface area contributed by atoms with Gasteiger partial charge in [0.05, 0.1) is 12.1 Å². The molecule has 0 spiro atoms. The van der Waals surface area contributed by atoms with E-state index in [1.165, 1.54) is 5.57 Å². The number of likely N-dealkylation sites (N-methyl/N-ethyl adjacent to an activating group) is 1.